The van der Waals surface area contributed by atoms with Crippen molar-refractivity contribution in [1.29, 1.82) is 0 Å². The van der Waals surface area contributed by atoms with E-state index in [1.807, 2.05) is 37.3 Å². The number of hydrogen-bond acceptors (Lipinski definition) is 7. The molecule has 4 heterocycles. The van der Waals surface area contributed by atoms with Crippen LogP contribution in [0.15, 0.2) is 48.8 Å². The SMILES string of the molecule is Cc1cccc(Oc2ccc(Nc3ncnc4cc(C#C[C@H]5CCCN5)sc34)cc2Cl)n1. The van der Waals surface area contributed by atoms with Crippen LogP contribution in [0.2, 0.25) is 5.02 Å². The van der Waals surface area contributed by atoms with Gasteiger partial charge in [0.15, 0.2) is 5.82 Å². The van der Waals surface area contributed by atoms with Crippen molar-refractivity contribution in [2.24, 2.45) is 0 Å². The zero-order chi connectivity index (χ0) is 21.9. The number of thiophene rings is 1. The third-order valence-corrected chi connectivity index (χ3v) is 6.35. The first-order valence-electron chi connectivity index (χ1n) is 10.3. The van der Waals surface area contributed by atoms with Gasteiger partial charge < -0.3 is 15.4 Å². The quantitative estimate of drug-likeness (QED) is 0.380. The second-order valence-corrected chi connectivity index (χ2v) is 8.91. The molecule has 0 bridgehead atoms. The molecule has 1 aliphatic rings. The van der Waals surface area contributed by atoms with E-state index in [9.17, 15) is 0 Å². The summed E-state index contributed by atoms with van der Waals surface area (Å²) >= 11 is 8.05. The molecule has 0 unspecified atom stereocenters. The van der Waals surface area contributed by atoms with E-state index in [-0.39, 0.29) is 6.04 Å². The number of benzene rings is 1. The van der Waals surface area contributed by atoms with Crippen molar-refractivity contribution >= 4 is 44.7 Å². The fraction of sp³-hybridized carbons (Fsp3) is 0.208. The molecule has 6 nitrogen and oxygen atoms in total. The maximum Gasteiger partial charge on any atom is 0.219 e. The molecule has 0 saturated carbocycles. The highest BCUT2D eigenvalue weighted by atomic mass is 35.5. The van der Waals surface area contributed by atoms with Crippen molar-refractivity contribution in [3.63, 3.8) is 0 Å². The lowest BCUT2D eigenvalue weighted by molar-refractivity contribution is 0.462. The molecule has 32 heavy (non-hydrogen) atoms. The van der Waals surface area contributed by atoms with Crippen LogP contribution in [0.1, 0.15) is 23.4 Å². The number of pyridine rings is 1. The molecule has 0 amide bonds. The molecule has 5 rings (SSSR count). The van der Waals surface area contributed by atoms with E-state index < -0.39 is 0 Å². The average Bonchev–Trinajstić information content (AvgIpc) is 3.44. The van der Waals surface area contributed by atoms with Crippen molar-refractivity contribution in [3.05, 3.63) is 64.4 Å². The first-order chi connectivity index (χ1) is 15.6. The Morgan fingerprint density at radius 2 is 2.16 bits per heavy atom. The van der Waals surface area contributed by atoms with Crippen molar-refractivity contribution in [3.8, 4) is 23.5 Å². The Morgan fingerprint density at radius 1 is 1.22 bits per heavy atom. The van der Waals surface area contributed by atoms with Gasteiger partial charge in [0.05, 0.1) is 26.2 Å². The summed E-state index contributed by atoms with van der Waals surface area (Å²) in [7, 11) is 0. The zero-order valence-corrected chi connectivity index (χ0v) is 18.9. The molecule has 3 aromatic heterocycles. The van der Waals surface area contributed by atoms with Gasteiger partial charge in [-0.05, 0) is 56.6 Å². The molecule has 160 valence electrons. The Hall–Kier alpha value is -3.18. The monoisotopic (exact) mass is 461 g/mol. The molecule has 8 heteroatoms. The van der Waals surface area contributed by atoms with Gasteiger partial charge in [-0.15, -0.1) is 11.3 Å². The number of aryl methyl sites for hydroxylation is 1. The first kappa shape index (κ1) is 20.7. The molecule has 4 aromatic rings. The van der Waals surface area contributed by atoms with Gasteiger partial charge >= 0.3 is 0 Å². The molecular formula is C24H20ClN5OS. The van der Waals surface area contributed by atoms with Crippen molar-refractivity contribution < 1.29 is 4.74 Å². The fourth-order valence-corrected chi connectivity index (χ4v) is 4.59. The molecule has 0 spiro atoms. The molecule has 0 radical (unpaired) electrons. The second-order valence-electron chi connectivity index (χ2n) is 7.46. The number of halogens is 1. The lowest BCUT2D eigenvalue weighted by atomic mass is 10.2. The van der Waals surface area contributed by atoms with Crippen LogP contribution in [-0.4, -0.2) is 27.5 Å². The number of ether oxygens (including phenoxy) is 1. The van der Waals surface area contributed by atoms with Gasteiger partial charge in [0.2, 0.25) is 5.88 Å². The van der Waals surface area contributed by atoms with Gasteiger partial charge in [0.25, 0.3) is 0 Å². The third-order valence-electron chi connectivity index (χ3n) is 5.01. The average molecular weight is 462 g/mol. The van der Waals surface area contributed by atoms with Gasteiger partial charge in [0, 0.05) is 17.4 Å². The van der Waals surface area contributed by atoms with E-state index in [1.165, 1.54) is 6.42 Å². The molecule has 1 aromatic carbocycles. The van der Waals surface area contributed by atoms with E-state index in [1.54, 1.807) is 29.8 Å². The van der Waals surface area contributed by atoms with Crippen LogP contribution in [-0.2, 0) is 0 Å². The van der Waals surface area contributed by atoms with Gasteiger partial charge in [-0.2, -0.15) is 0 Å². The third kappa shape index (κ3) is 4.68. The molecule has 1 atom stereocenters. The van der Waals surface area contributed by atoms with Gasteiger partial charge in [-0.3, -0.25) is 0 Å². The largest absolute Gasteiger partial charge is 0.437 e. The molecule has 1 saturated heterocycles. The van der Waals surface area contributed by atoms with Crippen molar-refractivity contribution in [2.45, 2.75) is 25.8 Å². The molecule has 2 N–H and O–H groups in total. The minimum absolute atomic E-state index is 0.279. The van der Waals surface area contributed by atoms with Crippen LogP contribution >= 0.6 is 22.9 Å². The number of aromatic nitrogens is 3. The molecule has 1 fully saturated rings. The summed E-state index contributed by atoms with van der Waals surface area (Å²) < 4.78 is 6.78. The van der Waals surface area contributed by atoms with Crippen LogP contribution in [0.5, 0.6) is 11.6 Å². The van der Waals surface area contributed by atoms with Crippen LogP contribution in [0, 0.1) is 18.8 Å². The van der Waals surface area contributed by atoms with E-state index in [0.717, 1.165) is 45.3 Å². The van der Waals surface area contributed by atoms with Gasteiger partial charge in [-0.25, -0.2) is 15.0 Å². The van der Waals surface area contributed by atoms with Crippen molar-refractivity contribution in [1.82, 2.24) is 20.3 Å². The van der Waals surface area contributed by atoms with Crippen LogP contribution < -0.4 is 15.4 Å². The number of rotatable bonds is 4. The number of hydrogen-bond donors (Lipinski definition) is 2. The number of fused-ring (bicyclic) bond motifs is 1. The maximum absolute atomic E-state index is 6.46. The Bertz CT molecular complexity index is 1340. The molecular weight excluding hydrogens is 442 g/mol. The summed E-state index contributed by atoms with van der Waals surface area (Å²) in [6.07, 6.45) is 3.83. The van der Waals surface area contributed by atoms with E-state index in [2.05, 4.69) is 37.4 Å². The Kier molecular flexibility index (Phi) is 5.91. The number of nitrogens with zero attached hydrogens (tertiary/aromatic N) is 3. The molecule has 1 aliphatic heterocycles. The standard InChI is InChI=1S/C24H20ClN5OS/c1-15-4-2-6-22(29-15)31-21-10-8-17(12-19(21)25)30-24-23-20(27-14-28-24)13-18(32-23)9-7-16-5-3-11-26-16/h2,4,6,8,10,12-14,16,26H,3,5,11H2,1H3,(H,27,28,30)/t16-/m1/s1. The topological polar surface area (TPSA) is 72.0 Å². The predicted molar refractivity (Wildman–Crippen MR) is 129 cm³/mol. The highest BCUT2D eigenvalue weighted by molar-refractivity contribution is 7.20. The highest BCUT2D eigenvalue weighted by Gasteiger charge is 2.12. The number of anilines is 2. The fourth-order valence-electron chi connectivity index (χ4n) is 3.46. The summed E-state index contributed by atoms with van der Waals surface area (Å²) in [4.78, 5) is 14.1. The first-order valence-corrected chi connectivity index (χ1v) is 11.5. The maximum atomic E-state index is 6.46. The molecule has 0 aliphatic carbocycles. The van der Waals surface area contributed by atoms with Gasteiger partial charge in [0.1, 0.15) is 12.1 Å². The van der Waals surface area contributed by atoms with Gasteiger partial charge in [-0.1, -0.05) is 29.5 Å². The van der Waals surface area contributed by atoms with E-state index in [0.29, 0.717) is 16.7 Å². The zero-order valence-electron chi connectivity index (χ0n) is 17.4. The lowest BCUT2D eigenvalue weighted by Gasteiger charge is -2.10. The number of nitrogens with one attached hydrogen (secondary N) is 2. The summed E-state index contributed by atoms with van der Waals surface area (Å²) in [5, 5.41) is 7.22. The smallest absolute Gasteiger partial charge is 0.219 e. The minimum Gasteiger partial charge on any atom is -0.437 e. The lowest BCUT2D eigenvalue weighted by Crippen LogP contribution is -2.18. The van der Waals surface area contributed by atoms with E-state index in [4.69, 9.17) is 16.3 Å². The van der Waals surface area contributed by atoms with Crippen LogP contribution in [0.3, 0.4) is 0 Å². The highest BCUT2D eigenvalue weighted by Crippen LogP contribution is 2.34. The summed E-state index contributed by atoms with van der Waals surface area (Å²) in [5.74, 6) is 8.35. The van der Waals surface area contributed by atoms with Crippen LogP contribution in [0.4, 0.5) is 11.5 Å². The Labute approximate surface area is 195 Å². The Balaban J connectivity index is 1.36. The predicted octanol–water partition coefficient (Wildman–Crippen LogP) is 5.69. The summed E-state index contributed by atoms with van der Waals surface area (Å²) in [6.45, 7) is 2.95. The normalized spacial score (nSPS) is 15.4. The van der Waals surface area contributed by atoms with E-state index >= 15 is 0 Å². The van der Waals surface area contributed by atoms with Crippen molar-refractivity contribution in [2.75, 3.05) is 11.9 Å². The Morgan fingerprint density at radius 3 is 2.97 bits per heavy atom. The second kappa shape index (κ2) is 9.13. The minimum atomic E-state index is 0.279. The summed E-state index contributed by atoms with van der Waals surface area (Å²) in [5.41, 5.74) is 2.55. The summed E-state index contributed by atoms with van der Waals surface area (Å²) in [6, 6.07) is 13.4. The van der Waals surface area contributed by atoms with Crippen LogP contribution in [0.25, 0.3) is 10.2 Å².